The molecule has 1 aliphatic rings. The second kappa shape index (κ2) is 5.35. The number of phenols is 1. The molecule has 1 saturated carbocycles. The predicted octanol–water partition coefficient (Wildman–Crippen LogP) is 3.28. The maximum Gasteiger partial charge on any atom is 0.118 e. The third kappa shape index (κ3) is 2.99. The van der Waals surface area contributed by atoms with E-state index in [1.165, 1.54) is 25.7 Å². The Morgan fingerprint density at radius 2 is 2.00 bits per heavy atom. The molecule has 88 valence electrons. The van der Waals surface area contributed by atoms with Crippen LogP contribution in [0.3, 0.4) is 0 Å². The van der Waals surface area contributed by atoms with Crippen LogP contribution in [0, 0.1) is 0 Å². The van der Waals surface area contributed by atoms with Crippen molar-refractivity contribution in [2.24, 2.45) is 0 Å². The van der Waals surface area contributed by atoms with Gasteiger partial charge in [0.05, 0.1) is 12.2 Å². The average molecular weight is 220 g/mol. The fourth-order valence-corrected chi connectivity index (χ4v) is 2.39. The highest BCUT2D eigenvalue weighted by Crippen LogP contribution is 2.24. The molecule has 1 aromatic carbocycles. The molecule has 2 rings (SSSR count). The molecule has 1 aliphatic carbocycles. The van der Waals surface area contributed by atoms with Crippen LogP contribution < -0.4 is 0 Å². The lowest BCUT2D eigenvalue weighted by Gasteiger charge is -2.18. The third-order valence-corrected chi connectivity index (χ3v) is 3.23. The van der Waals surface area contributed by atoms with Crippen molar-refractivity contribution in [3.8, 4) is 5.75 Å². The molecule has 1 fully saturated rings. The summed E-state index contributed by atoms with van der Waals surface area (Å²) >= 11 is 0. The van der Waals surface area contributed by atoms with Gasteiger partial charge in [0.1, 0.15) is 5.75 Å². The molecule has 0 radical (unpaired) electrons. The Kier molecular flexibility index (Phi) is 3.83. The van der Waals surface area contributed by atoms with Gasteiger partial charge in [-0.1, -0.05) is 31.0 Å². The topological polar surface area (TPSA) is 29.5 Å². The maximum atomic E-state index is 9.66. The van der Waals surface area contributed by atoms with E-state index in [9.17, 15) is 5.11 Å². The summed E-state index contributed by atoms with van der Waals surface area (Å²) in [5.74, 6) is 0.379. The van der Waals surface area contributed by atoms with Gasteiger partial charge in [-0.3, -0.25) is 0 Å². The summed E-state index contributed by atoms with van der Waals surface area (Å²) in [5, 5.41) is 9.66. The molecular weight excluding hydrogens is 200 g/mol. The summed E-state index contributed by atoms with van der Waals surface area (Å²) in [6.45, 7) is 2.09. The zero-order valence-corrected chi connectivity index (χ0v) is 9.86. The highest BCUT2D eigenvalue weighted by molar-refractivity contribution is 5.32. The molecule has 2 heteroatoms. The molecule has 2 nitrogen and oxygen atoms in total. The van der Waals surface area contributed by atoms with E-state index in [2.05, 4.69) is 6.92 Å². The fraction of sp³-hybridized carbons (Fsp3) is 0.571. The van der Waals surface area contributed by atoms with Crippen LogP contribution in [0.15, 0.2) is 24.3 Å². The maximum absolute atomic E-state index is 9.66. The number of aromatic hydroxyl groups is 1. The Morgan fingerprint density at radius 3 is 2.69 bits per heavy atom. The van der Waals surface area contributed by atoms with Crippen molar-refractivity contribution in [2.45, 2.75) is 51.2 Å². The van der Waals surface area contributed by atoms with E-state index < -0.39 is 0 Å². The van der Waals surface area contributed by atoms with Crippen LogP contribution in [-0.4, -0.2) is 17.3 Å². The summed E-state index contributed by atoms with van der Waals surface area (Å²) in [5.41, 5.74) is 0.980. The average Bonchev–Trinajstić information content (AvgIpc) is 2.74. The first-order chi connectivity index (χ1) is 7.75. The van der Waals surface area contributed by atoms with Crippen LogP contribution in [0.4, 0.5) is 0 Å². The smallest absolute Gasteiger partial charge is 0.118 e. The van der Waals surface area contributed by atoms with Crippen LogP contribution >= 0.6 is 0 Å². The van der Waals surface area contributed by atoms with E-state index in [1.807, 2.05) is 18.2 Å². The third-order valence-electron chi connectivity index (χ3n) is 3.23. The number of rotatable bonds is 4. The standard InChI is InChI=1S/C14H20O2/c1-11(16-13-7-3-4-8-13)10-12-6-2-5-9-14(12)15/h2,5-6,9,11,13,15H,3-4,7-8,10H2,1H3. The van der Waals surface area contributed by atoms with Gasteiger partial charge >= 0.3 is 0 Å². The molecule has 0 aromatic heterocycles. The Morgan fingerprint density at radius 1 is 1.31 bits per heavy atom. The number of phenolic OH excluding ortho intramolecular Hbond substituents is 1. The minimum Gasteiger partial charge on any atom is -0.508 e. The van der Waals surface area contributed by atoms with Crippen molar-refractivity contribution in [3.63, 3.8) is 0 Å². The van der Waals surface area contributed by atoms with Crippen molar-refractivity contribution in [2.75, 3.05) is 0 Å². The first-order valence-corrected chi connectivity index (χ1v) is 6.18. The SMILES string of the molecule is CC(Cc1ccccc1O)OC1CCCC1. The molecular formula is C14H20O2. The van der Waals surface area contributed by atoms with E-state index in [1.54, 1.807) is 6.07 Å². The van der Waals surface area contributed by atoms with Gasteiger partial charge in [0.25, 0.3) is 0 Å². The largest absolute Gasteiger partial charge is 0.508 e. The van der Waals surface area contributed by atoms with Crippen molar-refractivity contribution in [1.29, 1.82) is 0 Å². The zero-order chi connectivity index (χ0) is 11.4. The first-order valence-electron chi connectivity index (χ1n) is 6.18. The Balaban J connectivity index is 1.86. The molecule has 1 aromatic rings. The lowest BCUT2D eigenvalue weighted by atomic mass is 10.1. The van der Waals surface area contributed by atoms with Crippen molar-refractivity contribution in [1.82, 2.24) is 0 Å². The van der Waals surface area contributed by atoms with Crippen LogP contribution in [0.1, 0.15) is 38.2 Å². The summed E-state index contributed by atoms with van der Waals surface area (Å²) in [7, 11) is 0. The van der Waals surface area contributed by atoms with E-state index in [0.717, 1.165) is 12.0 Å². The lowest BCUT2D eigenvalue weighted by molar-refractivity contribution is 0.00262. The normalized spacial score (nSPS) is 18.8. The Labute approximate surface area is 97.3 Å². The molecule has 0 heterocycles. The van der Waals surface area contributed by atoms with Crippen LogP contribution in [0.2, 0.25) is 0 Å². The van der Waals surface area contributed by atoms with Gasteiger partial charge in [0.15, 0.2) is 0 Å². The molecule has 16 heavy (non-hydrogen) atoms. The van der Waals surface area contributed by atoms with Gasteiger partial charge in [-0.2, -0.15) is 0 Å². The van der Waals surface area contributed by atoms with Gasteiger partial charge in [-0.25, -0.2) is 0 Å². The van der Waals surface area contributed by atoms with E-state index in [-0.39, 0.29) is 6.10 Å². The predicted molar refractivity (Wildman–Crippen MR) is 64.6 cm³/mol. The van der Waals surface area contributed by atoms with Gasteiger partial charge in [-0.05, 0) is 31.4 Å². The highest BCUT2D eigenvalue weighted by atomic mass is 16.5. The summed E-state index contributed by atoms with van der Waals surface area (Å²) in [6.07, 6.45) is 6.43. The van der Waals surface area contributed by atoms with Gasteiger partial charge in [0, 0.05) is 6.42 Å². The van der Waals surface area contributed by atoms with Crippen molar-refractivity contribution < 1.29 is 9.84 Å². The highest BCUT2D eigenvalue weighted by Gasteiger charge is 2.18. The monoisotopic (exact) mass is 220 g/mol. The minimum absolute atomic E-state index is 0.191. The van der Waals surface area contributed by atoms with Crippen LogP contribution in [0.25, 0.3) is 0 Å². The number of hydrogen-bond donors (Lipinski definition) is 1. The molecule has 0 amide bonds. The van der Waals surface area contributed by atoms with Crippen LogP contribution in [-0.2, 0) is 11.2 Å². The van der Waals surface area contributed by atoms with Crippen molar-refractivity contribution >= 4 is 0 Å². The zero-order valence-electron chi connectivity index (χ0n) is 9.86. The molecule has 0 aliphatic heterocycles. The summed E-state index contributed by atoms with van der Waals surface area (Å²) in [4.78, 5) is 0. The molecule has 0 spiro atoms. The quantitative estimate of drug-likeness (QED) is 0.843. The first kappa shape index (κ1) is 11.5. The van der Waals surface area contributed by atoms with Crippen molar-refractivity contribution in [3.05, 3.63) is 29.8 Å². The Bertz CT molecular complexity index is 329. The van der Waals surface area contributed by atoms with E-state index >= 15 is 0 Å². The van der Waals surface area contributed by atoms with E-state index in [0.29, 0.717) is 11.9 Å². The number of benzene rings is 1. The second-order valence-corrected chi connectivity index (χ2v) is 4.69. The van der Waals surface area contributed by atoms with Gasteiger partial charge in [-0.15, -0.1) is 0 Å². The van der Waals surface area contributed by atoms with Gasteiger partial charge in [0.2, 0.25) is 0 Å². The lowest BCUT2D eigenvalue weighted by Crippen LogP contribution is -2.19. The molecule has 0 saturated heterocycles. The van der Waals surface area contributed by atoms with E-state index in [4.69, 9.17) is 4.74 Å². The summed E-state index contributed by atoms with van der Waals surface area (Å²) in [6, 6.07) is 7.50. The number of hydrogen-bond acceptors (Lipinski definition) is 2. The second-order valence-electron chi connectivity index (χ2n) is 4.69. The van der Waals surface area contributed by atoms with Crippen LogP contribution in [0.5, 0.6) is 5.75 Å². The molecule has 0 bridgehead atoms. The Hall–Kier alpha value is -1.02. The molecule has 1 N–H and O–H groups in total. The summed E-state index contributed by atoms with van der Waals surface area (Å²) < 4.78 is 5.96. The molecule has 1 unspecified atom stereocenters. The van der Waals surface area contributed by atoms with Gasteiger partial charge < -0.3 is 9.84 Å². The number of para-hydroxylation sites is 1. The fourth-order valence-electron chi connectivity index (χ4n) is 2.39. The minimum atomic E-state index is 0.191. The number of ether oxygens (including phenoxy) is 1. The molecule has 1 atom stereocenters.